The van der Waals surface area contributed by atoms with Crippen LogP contribution >= 0.6 is 11.6 Å². The third-order valence-electron chi connectivity index (χ3n) is 2.94. The van der Waals surface area contributed by atoms with Gasteiger partial charge in [0.1, 0.15) is 5.41 Å². The predicted molar refractivity (Wildman–Crippen MR) is 64.1 cm³/mol. The van der Waals surface area contributed by atoms with Crippen molar-refractivity contribution < 1.29 is 14.7 Å². The number of hydrogen-bond donors (Lipinski definition) is 2. The first-order chi connectivity index (χ1) is 8.49. The van der Waals surface area contributed by atoms with Crippen LogP contribution in [0.15, 0.2) is 18.2 Å². The van der Waals surface area contributed by atoms with E-state index in [1.54, 1.807) is 0 Å². The Morgan fingerprint density at radius 3 is 2.56 bits per heavy atom. The van der Waals surface area contributed by atoms with E-state index >= 15 is 0 Å². The molecule has 0 aromatic heterocycles. The van der Waals surface area contributed by atoms with Crippen LogP contribution in [-0.4, -0.2) is 17.0 Å². The lowest BCUT2D eigenvalue weighted by Crippen LogP contribution is -2.31. The highest BCUT2D eigenvalue weighted by Crippen LogP contribution is 2.47. The number of halogens is 1. The predicted octanol–water partition coefficient (Wildman–Crippen LogP) is 2.01. The second kappa shape index (κ2) is 4.31. The summed E-state index contributed by atoms with van der Waals surface area (Å²) in [6.07, 6.45) is 0.671. The van der Waals surface area contributed by atoms with Crippen LogP contribution in [0.2, 0.25) is 5.02 Å². The number of aliphatic carboxylic acids is 1. The maximum absolute atomic E-state index is 11.8. The molecule has 0 heterocycles. The summed E-state index contributed by atoms with van der Waals surface area (Å²) in [6.45, 7) is 0. The molecule has 0 atom stereocenters. The lowest BCUT2D eigenvalue weighted by atomic mass is 10.1. The SMILES string of the molecule is N#Cc1ccc(NC(=O)C2(C(=O)O)CC2)c(Cl)c1. The Morgan fingerprint density at radius 2 is 2.11 bits per heavy atom. The maximum Gasteiger partial charge on any atom is 0.319 e. The molecule has 5 nitrogen and oxygen atoms in total. The van der Waals surface area contributed by atoms with Crippen LogP contribution in [0.25, 0.3) is 0 Å². The van der Waals surface area contributed by atoms with Crippen molar-refractivity contribution in [2.75, 3.05) is 5.32 Å². The van der Waals surface area contributed by atoms with Crippen molar-refractivity contribution in [2.45, 2.75) is 12.8 Å². The van der Waals surface area contributed by atoms with E-state index in [1.807, 2.05) is 6.07 Å². The molecule has 1 aliphatic carbocycles. The number of hydrogen-bond acceptors (Lipinski definition) is 3. The van der Waals surface area contributed by atoms with Crippen LogP contribution in [0.3, 0.4) is 0 Å². The number of carboxylic acids is 1. The largest absolute Gasteiger partial charge is 0.480 e. The van der Waals surface area contributed by atoms with Gasteiger partial charge in [-0.3, -0.25) is 9.59 Å². The van der Waals surface area contributed by atoms with E-state index in [9.17, 15) is 9.59 Å². The molecule has 0 spiro atoms. The molecule has 18 heavy (non-hydrogen) atoms. The summed E-state index contributed by atoms with van der Waals surface area (Å²) in [7, 11) is 0. The van der Waals surface area contributed by atoms with Crippen LogP contribution in [0.5, 0.6) is 0 Å². The van der Waals surface area contributed by atoms with Gasteiger partial charge in [-0.05, 0) is 31.0 Å². The standard InChI is InChI=1S/C12H9ClN2O3/c13-8-5-7(6-14)1-2-9(8)15-10(16)12(3-4-12)11(17)18/h1-2,5H,3-4H2,(H,15,16)(H,17,18). The summed E-state index contributed by atoms with van der Waals surface area (Å²) in [6, 6.07) is 6.32. The number of benzene rings is 1. The van der Waals surface area contributed by atoms with Crippen molar-refractivity contribution in [3.05, 3.63) is 28.8 Å². The number of amides is 1. The Labute approximate surface area is 108 Å². The Kier molecular flexibility index (Phi) is 2.97. The van der Waals surface area contributed by atoms with Gasteiger partial charge in [0, 0.05) is 0 Å². The molecule has 0 unspecified atom stereocenters. The number of rotatable bonds is 3. The fraction of sp³-hybridized carbons (Fsp3) is 0.250. The molecule has 2 rings (SSSR count). The van der Waals surface area contributed by atoms with Crippen LogP contribution in [0, 0.1) is 16.7 Å². The first-order valence-electron chi connectivity index (χ1n) is 5.24. The zero-order valence-electron chi connectivity index (χ0n) is 9.24. The molecular formula is C12H9ClN2O3. The van der Waals surface area contributed by atoms with E-state index in [0.29, 0.717) is 24.1 Å². The van der Waals surface area contributed by atoms with E-state index in [1.165, 1.54) is 18.2 Å². The second-order valence-electron chi connectivity index (χ2n) is 4.15. The minimum absolute atomic E-state index is 0.212. The molecule has 0 saturated heterocycles. The van der Waals surface area contributed by atoms with Crippen molar-refractivity contribution in [2.24, 2.45) is 5.41 Å². The van der Waals surface area contributed by atoms with E-state index in [2.05, 4.69) is 5.32 Å². The smallest absolute Gasteiger partial charge is 0.319 e. The molecule has 1 aliphatic rings. The number of carboxylic acid groups (broad SMARTS) is 1. The molecule has 92 valence electrons. The molecule has 1 aromatic rings. The van der Waals surface area contributed by atoms with E-state index in [-0.39, 0.29) is 5.02 Å². The summed E-state index contributed by atoms with van der Waals surface area (Å²) in [5.41, 5.74) is -0.623. The van der Waals surface area contributed by atoms with Crippen molar-refractivity contribution >= 4 is 29.2 Å². The average Bonchev–Trinajstić information content (AvgIpc) is 3.12. The van der Waals surface area contributed by atoms with Crippen molar-refractivity contribution in [1.29, 1.82) is 5.26 Å². The molecule has 1 amide bonds. The van der Waals surface area contributed by atoms with Crippen LogP contribution in [-0.2, 0) is 9.59 Å². The summed E-state index contributed by atoms with van der Waals surface area (Å²) in [4.78, 5) is 22.8. The van der Waals surface area contributed by atoms with Gasteiger partial charge in [0.2, 0.25) is 5.91 Å². The fourth-order valence-electron chi connectivity index (χ4n) is 1.59. The van der Waals surface area contributed by atoms with Gasteiger partial charge in [0.25, 0.3) is 0 Å². The Morgan fingerprint density at radius 1 is 1.44 bits per heavy atom. The van der Waals surface area contributed by atoms with Gasteiger partial charge in [-0.25, -0.2) is 0 Å². The molecule has 1 saturated carbocycles. The Hall–Kier alpha value is -2.06. The third-order valence-corrected chi connectivity index (χ3v) is 3.25. The highest BCUT2D eigenvalue weighted by molar-refractivity contribution is 6.34. The van der Waals surface area contributed by atoms with Gasteiger partial charge in [-0.1, -0.05) is 11.6 Å². The zero-order valence-corrected chi connectivity index (χ0v) is 9.99. The number of anilines is 1. The first-order valence-corrected chi connectivity index (χ1v) is 5.62. The number of carbonyl (C=O) groups is 2. The minimum atomic E-state index is -1.31. The monoisotopic (exact) mass is 264 g/mol. The Bertz CT molecular complexity index is 573. The highest BCUT2D eigenvalue weighted by Gasteiger charge is 2.57. The molecule has 6 heteroatoms. The van der Waals surface area contributed by atoms with Gasteiger partial charge in [-0.15, -0.1) is 0 Å². The molecule has 1 aromatic carbocycles. The molecular weight excluding hydrogens is 256 g/mol. The summed E-state index contributed by atoms with van der Waals surface area (Å²) in [5, 5.41) is 20.3. The minimum Gasteiger partial charge on any atom is -0.480 e. The van der Waals surface area contributed by atoms with Crippen LogP contribution in [0.1, 0.15) is 18.4 Å². The van der Waals surface area contributed by atoms with Crippen molar-refractivity contribution in [3.8, 4) is 6.07 Å². The number of carbonyl (C=O) groups excluding carboxylic acids is 1. The van der Waals surface area contributed by atoms with E-state index in [0.717, 1.165) is 0 Å². The molecule has 1 fully saturated rings. The molecule has 0 bridgehead atoms. The third kappa shape index (κ3) is 2.03. The topological polar surface area (TPSA) is 90.2 Å². The van der Waals surface area contributed by atoms with E-state index < -0.39 is 17.3 Å². The summed E-state index contributed by atoms with van der Waals surface area (Å²) < 4.78 is 0. The Balaban J connectivity index is 2.18. The zero-order chi connectivity index (χ0) is 13.3. The van der Waals surface area contributed by atoms with Crippen LogP contribution in [0.4, 0.5) is 5.69 Å². The molecule has 0 aliphatic heterocycles. The number of nitrogens with zero attached hydrogens (tertiary/aromatic N) is 1. The van der Waals surface area contributed by atoms with Crippen LogP contribution < -0.4 is 5.32 Å². The molecule has 2 N–H and O–H groups in total. The summed E-state index contributed by atoms with van der Waals surface area (Å²) >= 11 is 5.89. The quantitative estimate of drug-likeness (QED) is 0.817. The lowest BCUT2D eigenvalue weighted by Gasteiger charge is -2.11. The first kappa shape index (κ1) is 12.4. The second-order valence-corrected chi connectivity index (χ2v) is 4.56. The average molecular weight is 265 g/mol. The summed E-state index contributed by atoms with van der Waals surface area (Å²) in [5.74, 6) is -1.69. The van der Waals surface area contributed by atoms with Gasteiger partial charge in [0.05, 0.1) is 22.3 Å². The number of nitriles is 1. The van der Waals surface area contributed by atoms with Gasteiger partial charge in [0.15, 0.2) is 0 Å². The number of nitrogens with one attached hydrogen (secondary N) is 1. The normalized spacial score (nSPS) is 15.6. The lowest BCUT2D eigenvalue weighted by molar-refractivity contribution is -0.147. The van der Waals surface area contributed by atoms with E-state index in [4.69, 9.17) is 22.0 Å². The maximum atomic E-state index is 11.8. The highest BCUT2D eigenvalue weighted by atomic mass is 35.5. The van der Waals surface area contributed by atoms with Crippen molar-refractivity contribution in [1.82, 2.24) is 0 Å². The van der Waals surface area contributed by atoms with Gasteiger partial charge in [-0.2, -0.15) is 5.26 Å². The van der Waals surface area contributed by atoms with Gasteiger partial charge >= 0.3 is 5.97 Å². The van der Waals surface area contributed by atoms with Gasteiger partial charge < -0.3 is 10.4 Å². The molecule has 0 radical (unpaired) electrons. The fourth-order valence-corrected chi connectivity index (χ4v) is 1.82. The van der Waals surface area contributed by atoms with Crippen molar-refractivity contribution in [3.63, 3.8) is 0 Å².